The zero-order valence-corrected chi connectivity index (χ0v) is 10.9. The molecule has 0 atom stereocenters. The molecule has 2 aromatic carbocycles. The molecule has 2 rings (SSSR count). The summed E-state index contributed by atoms with van der Waals surface area (Å²) in [6.07, 6.45) is 0. The van der Waals surface area contributed by atoms with Crippen LogP contribution in [0.25, 0.3) is 0 Å². The molecule has 112 valence electrons. The first kappa shape index (κ1) is 15.1. The molecular formula is C14H11F5N2. The van der Waals surface area contributed by atoms with Crippen LogP contribution < -0.4 is 10.6 Å². The van der Waals surface area contributed by atoms with Crippen molar-refractivity contribution in [1.29, 1.82) is 0 Å². The lowest BCUT2D eigenvalue weighted by atomic mass is 10.1. The van der Waals surface area contributed by atoms with Gasteiger partial charge in [0.2, 0.25) is 5.82 Å². The second-order valence-electron chi connectivity index (χ2n) is 4.52. The third-order valence-corrected chi connectivity index (χ3v) is 2.94. The van der Waals surface area contributed by atoms with Gasteiger partial charge in [-0.15, -0.1) is 0 Å². The lowest BCUT2D eigenvalue weighted by Gasteiger charge is -2.21. The van der Waals surface area contributed by atoms with Crippen LogP contribution in [0.15, 0.2) is 24.3 Å². The van der Waals surface area contributed by atoms with Gasteiger partial charge in [0.15, 0.2) is 23.3 Å². The van der Waals surface area contributed by atoms with Gasteiger partial charge in [-0.25, -0.2) is 22.0 Å². The van der Waals surface area contributed by atoms with Gasteiger partial charge in [0, 0.05) is 19.3 Å². The fourth-order valence-electron chi connectivity index (χ4n) is 1.97. The molecule has 0 amide bonds. The van der Waals surface area contributed by atoms with E-state index in [9.17, 15) is 22.0 Å². The van der Waals surface area contributed by atoms with Gasteiger partial charge in [0.25, 0.3) is 0 Å². The van der Waals surface area contributed by atoms with Crippen LogP contribution in [0, 0.1) is 29.1 Å². The van der Waals surface area contributed by atoms with Gasteiger partial charge >= 0.3 is 0 Å². The standard InChI is InChI=1S/C14H11F5N2/c1-21(6-7-3-2-4-8(20)5-7)14-12(18)10(16)9(15)11(17)13(14)19/h2-5H,6,20H2,1H3. The van der Waals surface area contributed by atoms with Crippen molar-refractivity contribution in [3.8, 4) is 0 Å². The van der Waals surface area contributed by atoms with Crippen molar-refractivity contribution >= 4 is 11.4 Å². The normalized spacial score (nSPS) is 10.8. The van der Waals surface area contributed by atoms with Gasteiger partial charge in [-0.05, 0) is 17.7 Å². The van der Waals surface area contributed by atoms with E-state index in [1.165, 1.54) is 7.05 Å². The summed E-state index contributed by atoms with van der Waals surface area (Å²) in [5, 5.41) is 0. The fourth-order valence-corrected chi connectivity index (χ4v) is 1.97. The first-order chi connectivity index (χ1) is 9.82. The van der Waals surface area contributed by atoms with Crippen molar-refractivity contribution in [3.63, 3.8) is 0 Å². The minimum absolute atomic E-state index is 0.0661. The number of anilines is 2. The van der Waals surface area contributed by atoms with Gasteiger partial charge in [0.05, 0.1) is 0 Å². The quantitative estimate of drug-likeness (QED) is 0.406. The smallest absolute Gasteiger partial charge is 0.200 e. The Morgan fingerprint density at radius 2 is 1.43 bits per heavy atom. The summed E-state index contributed by atoms with van der Waals surface area (Å²) in [6.45, 7) is -0.0661. The summed E-state index contributed by atoms with van der Waals surface area (Å²) in [6, 6.07) is 6.40. The molecule has 0 saturated carbocycles. The maximum atomic E-state index is 13.6. The Morgan fingerprint density at radius 3 is 1.95 bits per heavy atom. The zero-order chi connectivity index (χ0) is 15.7. The topological polar surface area (TPSA) is 29.3 Å². The van der Waals surface area contributed by atoms with E-state index in [0.29, 0.717) is 11.3 Å². The van der Waals surface area contributed by atoms with Gasteiger partial charge in [-0.3, -0.25) is 0 Å². The molecule has 0 aliphatic rings. The van der Waals surface area contributed by atoms with Crippen LogP contribution in [-0.4, -0.2) is 7.05 Å². The minimum Gasteiger partial charge on any atom is -0.399 e. The number of nitrogen functional groups attached to an aromatic ring is 1. The molecule has 2 aromatic rings. The molecule has 2 nitrogen and oxygen atoms in total. The summed E-state index contributed by atoms with van der Waals surface area (Å²) >= 11 is 0. The number of hydrogen-bond donors (Lipinski definition) is 1. The maximum absolute atomic E-state index is 13.6. The molecule has 0 heterocycles. The predicted octanol–water partition coefficient (Wildman–Crippen LogP) is 3.60. The molecule has 0 fully saturated rings. The third-order valence-electron chi connectivity index (χ3n) is 2.94. The second kappa shape index (κ2) is 5.59. The van der Waals surface area contributed by atoms with E-state index in [-0.39, 0.29) is 6.54 Å². The Balaban J connectivity index is 2.42. The Labute approximate surface area is 117 Å². The number of rotatable bonds is 3. The first-order valence-corrected chi connectivity index (χ1v) is 5.90. The summed E-state index contributed by atoms with van der Waals surface area (Å²) in [5.41, 5.74) is 5.59. The summed E-state index contributed by atoms with van der Waals surface area (Å²) in [5.74, 6) is -9.84. The Kier molecular flexibility index (Phi) is 4.02. The van der Waals surface area contributed by atoms with Crippen LogP contribution >= 0.6 is 0 Å². The monoisotopic (exact) mass is 302 g/mol. The minimum atomic E-state index is -2.17. The molecule has 7 heteroatoms. The average molecular weight is 302 g/mol. The van der Waals surface area contributed by atoms with Crippen LogP contribution in [0.1, 0.15) is 5.56 Å². The number of halogens is 5. The highest BCUT2D eigenvalue weighted by atomic mass is 19.2. The van der Waals surface area contributed by atoms with Gasteiger partial charge < -0.3 is 10.6 Å². The summed E-state index contributed by atoms with van der Waals surface area (Å²) in [4.78, 5) is 0.936. The molecule has 0 aliphatic carbocycles. The Hall–Kier alpha value is -2.31. The average Bonchev–Trinajstić information content (AvgIpc) is 2.43. The van der Waals surface area contributed by atoms with E-state index in [4.69, 9.17) is 5.73 Å². The molecule has 0 radical (unpaired) electrons. The number of benzene rings is 2. The van der Waals surface area contributed by atoms with E-state index in [0.717, 1.165) is 4.90 Å². The molecule has 0 aromatic heterocycles. The molecule has 0 unspecified atom stereocenters. The van der Waals surface area contributed by atoms with Gasteiger partial charge in [-0.2, -0.15) is 0 Å². The maximum Gasteiger partial charge on any atom is 0.200 e. The largest absolute Gasteiger partial charge is 0.399 e. The van der Waals surface area contributed by atoms with Crippen LogP contribution in [-0.2, 0) is 6.54 Å². The number of nitrogens with zero attached hydrogens (tertiary/aromatic N) is 1. The van der Waals surface area contributed by atoms with E-state index in [2.05, 4.69) is 0 Å². The highest BCUT2D eigenvalue weighted by Gasteiger charge is 2.27. The lowest BCUT2D eigenvalue weighted by molar-refractivity contribution is 0.379. The summed E-state index contributed by atoms with van der Waals surface area (Å²) < 4.78 is 66.6. The highest BCUT2D eigenvalue weighted by molar-refractivity contribution is 5.51. The highest BCUT2D eigenvalue weighted by Crippen LogP contribution is 2.30. The van der Waals surface area contributed by atoms with Crippen molar-refractivity contribution in [3.05, 3.63) is 58.9 Å². The number of hydrogen-bond acceptors (Lipinski definition) is 2. The Morgan fingerprint density at radius 1 is 0.905 bits per heavy atom. The molecule has 0 saturated heterocycles. The second-order valence-corrected chi connectivity index (χ2v) is 4.52. The molecule has 0 aliphatic heterocycles. The van der Waals surface area contributed by atoms with Crippen LogP contribution in [0.2, 0.25) is 0 Å². The van der Waals surface area contributed by atoms with Gasteiger partial charge in [-0.1, -0.05) is 12.1 Å². The first-order valence-electron chi connectivity index (χ1n) is 5.90. The molecular weight excluding hydrogens is 291 g/mol. The fraction of sp³-hybridized carbons (Fsp3) is 0.143. The number of nitrogens with two attached hydrogens (primary N) is 1. The van der Waals surface area contributed by atoms with Crippen molar-refractivity contribution < 1.29 is 22.0 Å². The molecule has 2 N–H and O–H groups in total. The van der Waals surface area contributed by atoms with Crippen molar-refractivity contribution in [2.75, 3.05) is 17.7 Å². The van der Waals surface area contributed by atoms with Crippen molar-refractivity contribution in [1.82, 2.24) is 0 Å². The third kappa shape index (κ3) is 2.76. The molecule has 0 bridgehead atoms. The molecule has 0 spiro atoms. The lowest BCUT2D eigenvalue weighted by Crippen LogP contribution is -2.21. The zero-order valence-electron chi connectivity index (χ0n) is 10.9. The molecule has 21 heavy (non-hydrogen) atoms. The van der Waals surface area contributed by atoms with Crippen molar-refractivity contribution in [2.24, 2.45) is 0 Å². The van der Waals surface area contributed by atoms with Crippen molar-refractivity contribution in [2.45, 2.75) is 6.54 Å². The summed E-state index contributed by atoms with van der Waals surface area (Å²) in [7, 11) is 1.22. The van der Waals surface area contributed by atoms with Crippen LogP contribution in [0.3, 0.4) is 0 Å². The predicted molar refractivity (Wildman–Crippen MR) is 69.2 cm³/mol. The van der Waals surface area contributed by atoms with E-state index in [1.54, 1.807) is 24.3 Å². The van der Waals surface area contributed by atoms with Crippen LogP contribution in [0.4, 0.5) is 33.3 Å². The van der Waals surface area contributed by atoms with E-state index in [1.807, 2.05) is 0 Å². The Bertz CT molecular complexity index is 658. The van der Waals surface area contributed by atoms with Crippen LogP contribution in [0.5, 0.6) is 0 Å². The van der Waals surface area contributed by atoms with E-state index < -0.39 is 34.8 Å². The SMILES string of the molecule is CN(Cc1cccc(N)c1)c1c(F)c(F)c(F)c(F)c1F. The van der Waals surface area contributed by atoms with Gasteiger partial charge in [0.1, 0.15) is 5.69 Å². The van der Waals surface area contributed by atoms with E-state index >= 15 is 0 Å².